The van der Waals surface area contributed by atoms with Gasteiger partial charge in [-0.15, -0.1) is 0 Å². The molecule has 0 radical (unpaired) electrons. The summed E-state index contributed by atoms with van der Waals surface area (Å²) in [4.78, 5) is 11.1. The van der Waals surface area contributed by atoms with Crippen molar-refractivity contribution in [1.29, 1.82) is 0 Å². The summed E-state index contributed by atoms with van der Waals surface area (Å²) >= 11 is 0. The topological polar surface area (TPSA) is 37.3 Å². The van der Waals surface area contributed by atoms with Crippen LogP contribution in [0.1, 0.15) is 26.3 Å². The Bertz CT molecular complexity index is 369. The van der Waals surface area contributed by atoms with Crippen molar-refractivity contribution in [2.45, 2.75) is 20.8 Å². The van der Waals surface area contributed by atoms with E-state index in [0.717, 1.165) is 5.56 Å². The van der Waals surface area contributed by atoms with E-state index >= 15 is 0 Å². The van der Waals surface area contributed by atoms with Crippen molar-refractivity contribution >= 4 is 12.0 Å². The molecule has 0 spiro atoms. The number of rotatable bonds is 2. The molecule has 0 bridgehead atoms. The van der Waals surface area contributed by atoms with Crippen LogP contribution in [0.2, 0.25) is 0 Å². The van der Waals surface area contributed by atoms with Crippen molar-refractivity contribution in [2.24, 2.45) is 5.41 Å². The van der Waals surface area contributed by atoms with Crippen LogP contribution in [0, 0.1) is 5.41 Å². The van der Waals surface area contributed by atoms with Crippen LogP contribution in [-0.4, -0.2) is 11.1 Å². The first-order valence-corrected chi connectivity index (χ1v) is 4.92. The van der Waals surface area contributed by atoms with Gasteiger partial charge in [-0.1, -0.05) is 51.1 Å². The summed E-state index contributed by atoms with van der Waals surface area (Å²) in [7, 11) is 0. The number of hydrogen-bond acceptors (Lipinski definition) is 1. The van der Waals surface area contributed by atoms with Gasteiger partial charge in [0.05, 0.1) is 0 Å². The maximum Gasteiger partial charge on any atom is 0.332 e. The van der Waals surface area contributed by atoms with Crippen LogP contribution in [0.3, 0.4) is 0 Å². The van der Waals surface area contributed by atoms with Gasteiger partial charge in [0.25, 0.3) is 0 Å². The second-order valence-corrected chi connectivity index (χ2v) is 4.52. The lowest BCUT2D eigenvalue weighted by molar-refractivity contribution is -0.133. The van der Waals surface area contributed by atoms with Gasteiger partial charge in [0.15, 0.2) is 0 Å². The molecule has 0 aliphatic carbocycles. The Balaban J connectivity index is 3.12. The molecule has 0 amide bonds. The van der Waals surface area contributed by atoms with Gasteiger partial charge in [0.2, 0.25) is 0 Å². The molecule has 80 valence electrons. The van der Waals surface area contributed by atoms with Gasteiger partial charge in [-0.05, 0) is 17.1 Å². The highest BCUT2D eigenvalue weighted by molar-refractivity contribution is 5.93. The van der Waals surface area contributed by atoms with Crippen LogP contribution in [0.5, 0.6) is 0 Å². The molecule has 0 atom stereocenters. The Kier molecular flexibility index (Phi) is 3.30. The summed E-state index contributed by atoms with van der Waals surface area (Å²) in [5, 5.41) is 9.10. The molecular formula is C13H16O2. The standard InChI is InChI=1S/C13H16O2/c1-13(2,3)11(12(14)15)9-10-7-5-4-6-8-10/h4-9H,1-3H3,(H,14,15)/b11-9+. The van der Waals surface area contributed by atoms with E-state index in [0.29, 0.717) is 5.57 Å². The minimum absolute atomic E-state index is 0.346. The van der Waals surface area contributed by atoms with Gasteiger partial charge >= 0.3 is 5.97 Å². The van der Waals surface area contributed by atoms with Gasteiger partial charge in [0, 0.05) is 5.57 Å². The molecule has 0 saturated carbocycles. The number of hydrogen-bond donors (Lipinski definition) is 1. The first-order chi connectivity index (χ1) is 6.91. The lowest BCUT2D eigenvalue weighted by Crippen LogP contribution is -2.17. The SMILES string of the molecule is CC(C)(C)/C(=C/c1ccccc1)C(=O)O. The van der Waals surface area contributed by atoms with Crippen LogP contribution in [0.4, 0.5) is 0 Å². The average Bonchev–Trinajstić information content (AvgIpc) is 2.13. The Morgan fingerprint density at radius 1 is 1.20 bits per heavy atom. The Labute approximate surface area is 90.3 Å². The van der Waals surface area contributed by atoms with Gasteiger partial charge in [-0.25, -0.2) is 4.79 Å². The molecule has 1 N–H and O–H groups in total. The molecular weight excluding hydrogens is 188 g/mol. The number of benzene rings is 1. The summed E-state index contributed by atoms with van der Waals surface area (Å²) in [5.74, 6) is -0.855. The fraction of sp³-hybridized carbons (Fsp3) is 0.308. The zero-order valence-corrected chi connectivity index (χ0v) is 9.32. The molecule has 0 unspecified atom stereocenters. The minimum atomic E-state index is -0.855. The van der Waals surface area contributed by atoms with Crippen molar-refractivity contribution in [3.8, 4) is 0 Å². The highest BCUT2D eigenvalue weighted by atomic mass is 16.4. The van der Waals surface area contributed by atoms with Crippen LogP contribution in [-0.2, 0) is 4.79 Å². The Morgan fingerprint density at radius 3 is 2.13 bits per heavy atom. The van der Waals surface area contributed by atoms with E-state index in [1.54, 1.807) is 6.08 Å². The van der Waals surface area contributed by atoms with Crippen molar-refractivity contribution in [2.75, 3.05) is 0 Å². The van der Waals surface area contributed by atoms with E-state index in [-0.39, 0.29) is 5.41 Å². The van der Waals surface area contributed by atoms with Gasteiger partial charge in [0.1, 0.15) is 0 Å². The largest absolute Gasteiger partial charge is 0.478 e. The van der Waals surface area contributed by atoms with Crippen LogP contribution in [0.15, 0.2) is 35.9 Å². The van der Waals surface area contributed by atoms with E-state index in [1.807, 2.05) is 51.1 Å². The molecule has 0 aliphatic rings. The van der Waals surface area contributed by atoms with Crippen molar-refractivity contribution in [3.63, 3.8) is 0 Å². The summed E-state index contributed by atoms with van der Waals surface area (Å²) in [5.41, 5.74) is 1.00. The molecule has 15 heavy (non-hydrogen) atoms. The zero-order valence-electron chi connectivity index (χ0n) is 9.32. The van der Waals surface area contributed by atoms with E-state index in [4.69, 9.17) is 5.11 Å². The number of aliphatic carboxylic acids is 1. The molecule has 1 aromatic rings. The predicted molar refractivity (Wildman–Crippen MR) is 61.5 cm³/mol. The fourth-order valence-electron chi connectivity index (χ4n) is 1.31. The first kappa shape index (κ1) is 11.5. The maximum absolute atomic E-state index is 11.1. The first-order valence-electron chi connectivity index (χ1n) is 4.92. The normalized spacial score (nSPS) is 12.6. The molecule has 2 nitrogen and oxygen atoms in total. The lowest BCUT2D eigenvalue weighted by Gasteiger charge is -2.19. The molecule has 0 aliphatic heterocycles. The van der Waals surface area contributed by atoms with E-state index in [9.17, 15) is 4.79 Å². The summed E-state index contributed by atoms with van der Waals surface area (Å²) in [6, 6.07) is 9.50. The molecule has 1 aromatic carbocycles. The second kappa shape index (κ2) is 4.30. The zero-order chi connectivity index (χ0) is 11.5. The third kappa shape index (κ3) is 3.24. The smallest absolute Gasteiger partial charge is 0.332 e. The quantitative estimate of drug-likeness (QED) is 0.751. The van der Waals surface area contributed by atoms with Gasteiger partial charge < -0.3 is 5.11 Å². The second-order valence-electron chi connectivity index (χ2n) is 4.52. The van der Waals surface area contributed by atoms with Crippen LogP contribution >= 0.6 is 0 Å². The summed E-state index contributed by atoms with van der Waals surface area (Å²) in [6.45, 7) is 5.70. The van der Waals surface area contributed by atoms with Gasteiger partial charge in [-0.3, -0.25) is 0 Å². The van der Waals surface area contributed by atoms with Gasteiger partial charge in [-0.2, -0.15) is 0 Å². The van der Waals surface area contributed by atoms with Crippen molar-refractivity contribution in [3.05, 3.63) is 41.5 Å². The number of carbonyl (C=O) groups is 1. The predicted octanol–water partition coefficient (Wildman–Crippen LogP) is 3.20. The van der Waals surface area contributed by atoms with Crippen molar-refractivity contribution < 1.29 is 9.90 Å². The van der Waals surface area contributed by atoms with Crippen LogP contribution in [0.25, 0.3) is 6.08 Å². The minimum Gasteiger partial charge on any atom is -0.478 e. The van der Waals surface area contributed by atoms with E-state index in [1.165, 1.54) is 0 Å². The number of carboxylic acids is 1. The Morgan fingerprint density at radius 2 is 1.73 bits per heavy atom. The lowest BCUT2D eigenvalue weighted by atomic mass is 9.85. The summed E-state index contributed by atoms with van der Waals surface area (Å²) in [6.07, 6.45) is 1.72. The Hall–Kier alpha value is -1.57. The van der Waals surface area contributed by atoms with Crippen molar-refractivity contribution in [1.82, 2.24) is 0 Å². The highest BCUT2D eigenvalue weighted by Crippen LogP contribution is 2.27. The maximum atomic E-state index is 11.1. The third-order valence-corrected chi connectivity index (χ3v) is 2.15. The molecule has 0 fully saturated rings. The highest BCUT2D eigenvalue weighted by Gasteiger charge is 2.22. The monoisotopic (exact) mass is 204 g/mol. The molecule has 1 rings (SSSR count). The fourth-order valence-corrected chi connectivity index (χ4v) is 1.31. The third-order valence-electron chi connectivity index (χ3n) is 2.15. The molecule has 0 aromatic heterocycles. The average molecular weight is 204 g/mol. The molecule has 0 heterocycles. The molecule has 0 saturated heterocycles. The van der Waals surface area contributed by atoms with Crippen LogP contribution < -0.4 is 0 Å². The number of carboxylic acid groups (broad SMARTS) is 1. The molecule has 2 heteroatoms. The van der Waals surface area contributed by atoms with E-state index in [2.05, 4.69) is 0 Å². The summed E-state index contributed by atoms with van der Waals surface area (Å²) < 4.78 is 0. The van der Waals surface area contributed by atoms with E-state index < -0.39 is 5.97 Å².